The standard InChI is InChI=1S/C14H19NO/c1-4-11(5-2)14(10-15)12-7-6-8-13(9-12)16-3/h6-9,11,14H,4-5H2,1-3H3. The molecule has 0 saturated heterocycles. The Morgan fingerprint density at radius 1 is 1.31 bits per heavy atom. The smallest absolute Gasteiger partial charge is 0.119 e. The van der Waals surface area contributed by atoms with Gasteiger partial charge >= 0.3 is 0 Å². The van der Waals surface area contributed by atoms with Crippen molar-refractivity contribution in [3.8, 4) is 11.8 Å². The van der Waals surface area contributed by atoms with E-state index in [1.165, 1.54) is 0 Å². The van der Waals surface area contributed by atoms with Crippen molar-refractivity contribution in [1.82, 2.24) is 0 Å². The van der Waals surface area contributed by atoms with E-state index in [4.69, 9.17) is 4.74 Å². The van der Waals surface area contributed by atoms with Gasteiger partial charge < -0.3 is 4.74 Å². The molecule has 2 heteroatoms. The van der Waals surface area contributed by atoms with Crippen LogP contribution in [0.2, 0.25) is 0 Å². The molecule has 0 aliphatic heterocycles. The molecule has 0 saturated carbocycles. The molecule has 16 heavy (non-hydrogen) atoms. The summed E-state index contributed by atoms with van der Waals surface area (Å²) in [4.78, 5) is 0. The third-order valence-corrected chi connectivity index (χ3v) is 3.11. The normalized spacial score (nSPS) is 12.2. The predicted molar refractivity (Wildman–Crippen MR) is 65.4 cm³/mol. The number of ether oxygens (including phenoxy) is 1. The van der Waals surface area contributed by atoms with Crippen LogP contribution in [-0.2, 0) is 0 Å². The molecule has 0 amide bonds. The van der Waals surface area contributed by atoms with E-state index in [-0.39, 0.29) is 5.92 Å². The maximum atomic E-state index is 9.28. The molecule has 0 N–H and O–H groups in total. The van der Waals surface area contributed by atoms with Crippen LogP contribution in [0.1, 0.15) is 38.2 Å². The highest BCUT2D eigenvalue weighted by Crippen LogP contribution is 2.30. The fourth-order valence-corrected chi connectivity index (χ4v) is 2.05. The van der Waals surface area contributed by atoms with Crippen molar-refractivity contribution in [2.75, 3.05) is 7.11 Å². The van der Waals surface area contributed by atoms with E-state index in [1.807, 2.05) is 24.3 Å². The van der Waals surface area contributed by atoms with Gasteiger partial charge in [0.15, 0.2) is 0 Å². The van der Waals surface area contributed by atoms with Crippen LogP contribution < -0.4 is 4.74 Å². The molecule has 0 radical (unpaired) electrons. The van der Waals surface area contributed by atoms with Crippen LogP contribution in [0.25, 0.3) is 0 Å². The molecule has 1 aromatic carbocycles. The molecule has 1 atom stereocenters. The maximum Gasteiger partial charge on any atom is 0.119 e. The second kappa shape index (κ2) is 6.17. The molecule has 0 aliphatic rings. The number of benzene rings is 1. The van der Waals surface area contributed by atoms with Crippen LogP contribution >= 0.6 is 0 Å². The molecule has 0 bridgehead atoms. The van der Waals surface area contributed by atoms with Gasteiger partial charge in [0.25, 0.3) is 0 Å². The first-order chi connectivity index (χ1) is 7.76. The van der Waals surface area contributed by atoms with Gasteiger partial charge in [0.05, 0.1) is 19.1 Å². The second-order valence-electron chi connectivity index (χ2n) is 3.96. The molecule has 86 valence electrons. The number of hydrogen-bond donors (Lipinski definition) is 0. The Hall–Kier alpha value is -1.49. The minimum atomic E-state index is -0.0231. The maximum absolute atomic E-state index is 9.28. The lowest BCUT2D eigenvalue weighted by Crippen LogP contribution is -2.09. The van der Waals surface area contributed by atoms with Crippen molar-refractivity contribution in [2.24, 2.45) is 5.92 Å². The molecular formula is C14H19NO. The van der Waals surface area contributed by atoms with Crippen LogP contribution in [0.4, 0.5) is 0 Å². The minimum Gasteiger partial charge on any atom is -0.497 e. The monoisotopic (exact) mass is 217 g/mol. The number of hydrogen-bond acceptors (Lipinski definition) is 2. The third kappa shape index (κ3) is 2.76. The zero-order chi connectivity index (χ0) is 12.0. The van der Waals surface area contributed by atoms with E-state index in [1.54, 1.807) is 7.11 Å². The Labute approximate surface area is 97.9 Å². The summed E-state index contributed by atoms with van der Waals surface area (Å²) < 4.78 is 5.19. The first kappa shape index (κ1) is 12.6. The summed E-state index contributed by atoms with van der Waals surface area (Å²) >= 11 is 0. The quantitative estimate of drug-likeness (QED) is 0.752. The molecule has 1 aromatic rings. The highest BCUT2D eigenvalue weighted by atomic mass is 16.5. The Morgan fingerprint density at radius 3 is 2.50 bits per heavy atom. The molecule has 1 unspecified atom stereocenters. The molecular weight excluding hydrogens is 198 g/mol. The van der Waals surface area contributed by atoms with E-state index in [0.717, 1.165) is 24.2 Å². The topological polar surface area (TPSA) is 33.0 Å². The summed E-state index contributed by atoms with van der Waals surface area (Å²) in [6.45, 7) is 4.28. The summed E-state index contributed by atoms with van der Waals surface area (Å²) in [5.41, 5.74) is 1.07. The van der Waals surface area contributed by atoms with Gasteiger partial charge in [-0.3, -0.25) is 0 Å². The van der Waals surface area contributed by atoms with Gasteiger partial charge in [0, 0.05) is 0 Å². The van der Waals surface area contributed by atoms with Crippen LogP contribution in [0.3, 0.4) is 0 Å². The highest BCUT2D eigenvalue weighted by Gasteiger charge is 2.20. The van der Waals surface area contributed by atoms with Crippen molar-refractivity contribution >= 4 is 0 Å². The average Bonchev–Trinajstić information content (AvgIpc) is 2.35. The SMILES string of the molecule is CCC(CC)C(C#N)c1cccc(OC)c1. The third-order valence-electron chi connectivity index (χ3n) is 3.11. The van der Waals surface area contributed by atoms with E-state index < -0.39 is 0 Å². The van der Waals surface area contributed by atoms with Crippen molar-refractivity contribution in [3.05, 3.63) is 29.8 Å². The largest absolute Gasteiger partial charge is 0.497 e. The van der Waals surface area contributed by atoms with Gasteiger partial charge in [-0.2, -0.15) is 5.26 Å². The molecule has 2 nitrogen and oxygen atoms in total. The van der Waals surface area contributed by atoms with E-state index >= 15 is 0 Å². The Morgan fingerprint density at radius 2 is 2.00 bits per heavy atom. The second-order valence-corrected chi connectivity index (χ2v) is 3.96. The van der Waals surface area contributed by atoms with Gasteiger partial charge in [-0.1, -0.05) is 38.8 Å². The van der Waals surface area contributed by atoms with Gasteiger partial charge in [-0.25, -0.2) is 0 Å². The molecule has 1 rings (SSSR count). The van der Waals surface area contributed by atoms with E-state index in [0.29, 0.717) is 5.92 Å². The molecule has 0 spiro atoms. The number of rotatable bonds is 5. The van der Waals surface area contributed by atoms with Gasteiger partial charge in [0.1, 0.15) is 5.75 Å². The first-order valence-electron chi connectivity index (χ1n) is 5.80. The molecule has 0 heterocycles. The van der Waals surface area contributed by atoms with E-state index in [2.05, 4.69) is 19.9 Å². The molecule has 0 fully saturated rings. The molecule has 0 aliphatic carbocycles. The van der Waals surface area contributed by atoms with Crippen molar-refractivity contribution in [1.29, 1.82) is 5.26 Å². The Kier molecular flexibility index (Phi) is 4.85. The van der Waals surface area contributed by atoms with Crippen molar-refractivity contribution in [3.63, 3.8) is 0 Å². The predicted octanol–water partition coefficient (Wildman–Crippen LogP) is 3.74. The highest BCUT2D eigenvalue weighted by molar-refractivity contribution is 5.33. The van der Waals surface area contributed by atoms with E-state index in [9.17, 15) is 5.26 Å². The Balaban J connectivity index is 2.99. The number of nitriles is 1. The van der Waals surface area contributed by atoms with Crippen molar-refractivity contribution < 1.29 is 4.74 Å². The summed E-state index contributed by atoms with van der Waals surface area (Å²) in [6.07, 6.45) is 2.07. The summed E-state index contributed by atoms with van der Waals surface area (Å²) in [6, 6.07) is 10.2. The lowest BCUT2D eigenvalue weighted by atomic mass is 9.84. The lowest BCUT2D eigenvalue weighted by molar-refractivity contribution is 0.411. The average molecular weight is 217 g/mol. The van der Waals surface area contributed by atoms with Gasteiger partial charge in [-0.15, -0.1) is 0 Å². The fourth-order valence-electron chi connectivity index (χ4n) is 2.05. The fraction of sp³-hybridized carbons (Fsp3) is 0.500. The number of methoxy groups -OCH3 is 1. The minimum absolute atomic E-state index is 0.0231. The molecule has 0 aromatic heterocycles. The van der Waals surface area contributed by atoms with Crippen LogP contribution in [0.15, 0.2) is 24.3 Å². The van der Waals surface area contributed by atoms with Gasteiger partial charge in [0.2, 0.25) is 0 Å². The number of nitrogens with zero attached hydrogens (tertiary/aromatic N) is 1. The van der Waals surface area contributed by atoms with Gasteiger partial charge in [-0.05, 0) is 23.6 Å². The van der Waals surface area contributed by atoms with Crippen LogP contribution in [0.5, 0.6) is 5.75 Å². The summed E-state index contributed by atoms with van der Waals surface area (Å²) in [7, 11) is 1.65. The van der Waals surface area contributed by atoms with Crippen LogP contribution in [0, 0.1) is 17.2 Å². The van der Waals surface area contributed by atoms with Crippen LogP contribution in [-0.4, -0.2) is 7.11 Å². The first-order valence-corrected chi connectivity index (χ1v) is 5.80. The lowest BCUT2D eigenvalue weighted by Gasteiger charge is -2.19. The van der Waals surface area contributed by atoms with Crippen molar-refractivity contribution in [2.45, 2.75) is 32.6 Å². The zero-order valence-electron chi connectivity index (χ0n) is 10.2. The zero-order valence-corrected chi connectivity index (χ0v) is 10.2. The summed E-state index contributed by atoms with van der Waals surface area (Å²) in [5, 5.41) is 9.28. The Bertz CT molecular complexity index is 363. The summed E-state index contributed by atoms with van der Waals surface area (Å²) in [5.74, 6) is 1.23.